The summed E-state index contributed by atoms with van der Waals surface area (Å²) in [6.45, 7) is 4.89. The third-order valence-electron chi connectivity index (χ3n) is 5.18. The van der Waals surface area contributed by atoms with Crippen molar-refractivity contribution in [3.05, 3.63) is 23.0 Å². The van der Waals surface area contributed by atoms with Crippen LogP contribution in [0.4, 0.5) is 17.6 Å². The molecule has 8 heteroatoms. The number of rotatable bonds is 5. The van der Waals surface area contributed by atoms with Crippen LogP contribution in [0.5, 0.6) is 0 Å². The van der Waals surface area contributed by atoms with Gasteiger partial charge < -0.3 is 15.3 Å². The van der Waals surface area contributed by atoms with Crippen molar-refractivity contribution in [2.75, 3.05) is 16.8 Å². The first kappa shape index (κ1) is 16.8. The fourth-order valence-corrected chi connectivity index (χ4v) is 3.73. The van der Waals surface area contributed by atoms with Gasteiger partial charge in [0.25, 0.3) is 0 Å². The van der Waals surface area contributed by atoms with Gasteiger partial charge in [0.1, 0.15) is 11.9 Å². The number of hydrogen-bond donors (Lipinski definition) is 3. The molecule has 0 spiro atoms. The molecule has 3 N–H and O–H groups in total. The van der Waals surface area contributed by atoms with Crippen LogP contribution in [0.2, 0.25) is 0 Å². The maximum atomic E-state index is 11.5. The van der Waals surface area contributed by atoms with Crippen molar-refractivity contribution < 1.29 is 9.90 Å². The molecule has 3 heterocycles. The number of nitrogens with one attached hydrogen (secondary N) is 2. The molecule has 4 rings (SSSR count). The number of carboxylic acids is 1. The molecule has 8 nitrogen and oxygen atoms in total. The van der Waals surface area contributed by atoms with E-state index in [0.717, 1.165) is 54.3 Å². The van der Waals surface area contributed by atoms with Gasteiger partial charge in [0, 0.05) is 23.9 Å². The molecule has 1 aliphatic heterocycles. The third-order valence-corrected chi connectivity index (χ3v) is 5.18. The molecule has 1 saturated heterocycles. The Hall–Kier alpha value is -2.64. The van der Waals surface area contributed by atoms with Gasteiger partial charge in [-0.25, -0.2) is 9.78 Å². The molecule has 2 aromatic heterocycles. The Balaban J connectivity index is 1.67. The normalized spacial score (nSPS) is 19.2. The van der Waals surface area contributed by atoms with Gasteiger partial charge in [-0.1, -0.05) is 13.8 Å². The smallest absolute Gasteiger partial charge is 0.326 e. The van der Waals surface area contributed by atoms with Crippen LogP contribution in [0.1, 0.15) is 56.0 Å². The second kappa shape index (κ2) is 6.59. The van der Waals surface area contributed by atoms with E-state index in [4.69, 9.17) is 4.98 Å². The summed E-state index contributed by atoms with van der Waals surface area (Å²) in [5, 5.41) is 20.2. The first-order chi connectivity index (χ1) is 12.5. The SMILES string of the molecule is CC(C)c1cc(Nc2nc(N3CCC[C@H]3C(=O)O)nc3c2CCC3)n[nH]1. The monoisotopic (exact) mass is 356 g/mol. The quantitative estimate of drug-likeness (QED) is 0.756. The molecule has 0 saturated carbocycles. The molecular weight excluding hydrogens is 332 g/mol. The van der Waals surface area contributed by atoms with Crippen molar-refractivity contribution in [2.45, 2.75) is 57.9 Å². The van der Waals surface area contributed by atoms with Gasteiger partial charge in [-0.3, -0.25) is 5.10 Å². The van der Waals surface area contributed by atoms with E-state index in [1.54, 1.807) is 0 Å². The number of aryl methyl sites for hydroxylation is 1. The predicted octanol–water partition coefficient (Wildman–Crippen LogP) is 2.61. The molecule has 26 heavy (non-hydrogen) atoms. The average molecular weight is 356 g/mol. The zero-order valence-electron chi connectivity index (χ0n) is 15.1. The Morgan fingerprint density at radius 3 is 2.92 bits per heavy atom. The zero-order chi connectivity index (χ0) is 18.3. The maximum Gasteiger partial charge on any atom is 0.326 e. The minimum absolute atomic E-state index is 0.366. The molecule has 2 aromatic rings. The van der Waals surface area contributed by atoms with Gasteiger partial charge in [0.05, 0.1) is 5.69 Å². The Labute approximate surface area is 152 Å². The standard InChI is InChI=1S/C18H24N6O2/c1-10(2)13-9-15(23-22-13)20-16-11-5-3-6-12(11)19-18(21-16)24-8-4-7-14(24)17(25)26/h9-10,14H,3-8H2,1-2H3,(H,25,26)(H2,19,20,21,22,23)/t14-/m0/s1. The first-order valence-electron chi connectivity index (χ1n) is 9.24. The van der Waals surface area contributed by atoms with E-state index < -0.39 is 12.0 Å². The summed E-state index contributed by atoms with van der Waals surface area (Å²) in [5.74, 6) is 1.54. The highest BCUT2D eigenvalue weighted by atomic mass is 16.4. The molecule has 0 aromatic carbocycles. The van der Waals surface area contributed by atoms with Crippen molar-refractivity contribution in [3.63, 3.8) is 0 Å². The van der Waals surface area contributed by atoms with E-state index in [1.807, 2.05) is 11.0 Å². The minimum Gasteiger partial charge on any atom is -0.480 e. The number of hydrogen-bond acceptors (Lipinski definition) is 6. The second-order valence-corrected chi connectivity index (χ2v) is 7.33. The Morgan fingerprint density at radius 2 is 2.19 bits per heavy atom. The number of fused-ring (bicyclic) bond motifs is 1. The van der Waals surface area contributed by atoms with Crippen LogP contribution in [0.15, 0.2) is 6.07 Å². The lowest BCUT2D eigenvalue weighted by Gasteiger charge is -2.23. The molecule has 2 aliphatic rings. The lowest BCUT2D eigenvalue weighted by atomic mass is 10.1. The fraction of sp³-hybridized carbons (Fsp3) is 0.556. The Kier molecular flexibility index (Phi) is 4.26. The van der Waals surface area contributed by atoms with E-state index in [9.17, 15) is 9.90 Å². The van der Waals surface area contributed by atoms with Crippen molar-refractivity contribution >= 4 is 23.6 Å². The van der Waals surface area contributed by atoms with Crippen LogP contribution in [0.3, 0.4) is 0 Å². The lowest BCUT2D eigenvalue weighted by molar-refractivity contribution is -0.138. The van der Waals surface area contributed by atoms with E-state index in [2.05, 4.69) is 34.3 Å². The van der Waals surface area contributed by atoms with Crippen LogP contribution in [0.25, 0.3) is 0 Å². The molecule has 0 radical (unpaired) electrons. The highest BCUT2D eigenvalue weighted by molar-refractivity contribution is 5.78. The predicted molar refractivity (Wildman–Crippen MR) is 98.0 cm³/mol. The van der Waals surface area contributed by atoms with Gasteiger partial charge in [-0.2, -0.15) is 10.1 Å². The summed E-state index contributed by atoms with van der Waals surface area (Å²) >= 11 is 0. The van der Waals surface area contributed by atoms with Crippen molar-refractivity contribution in [2.24, 2.45) is 0 Å². The van der Waals surface area contributed by atoms with Gasteiger partial charge in [-0.05, 0) is 38.0 Å². The van der Waals surface area contributed by atoms with Crippen LogP contribution in [0, 0.1) is 0 Å². The molecule has 0 bridgehead atoms. The fourth-order valence-electron chi connectivity index (χ4n) is 3.73. The maximum absolute atomic E-state index is 11.5. The summed E-state index contributed by atoms with van der Waals surface area (Å²) in [5.41, 5.74) is 3.20. The topological polar surface area (TPSA) is 107 Å². The van der Waals surface area contributed by atoms with Gasteiger partial charge in [0.2, 0.25) is 5.95 Å². The summed E-state index contributed by atoms with van der Waals surface area (Å²) in [6.07, 6.45) is 4.36. The average Bonchev–Trinajstić information content (AvgIpc) is 3.34. The Morgan fingerprint density at radius 1 is 1.35 bits per heavy atom. The van der Waals surface area contributed by atoms with Gasteiger partial charge >= 0.3 is 5.97 Å². The number of carbonyl (C=O) groups is 1. The van der Waals surface area contributed by atoms with Crippen molar-refractivity contribution in [1.29, 1.82) is 0 Å². The van der Waals surface area contributed by atoms with Crippen molar-refractivity contribution in [3.8, 4) is 0 Å². The van der Waals surface area contributed by atoms with E-state index >= 15 is 0 Å². The number of H-pyrrole nitrogens is 1. The van der Waals surface area contributed by atoms with Gasteiger partial charge in [-0.15, -0.1) is 0 Å². The number of anilines is 3. The van der Waals surface area contributed by atoms with Crippen molar-refractivity contribution in [1.82, 2.24) is 20.2 Å². The summed E-state index contributed by atoms with van der Waals surface area (Å²) in [4.78, 5) is 22.7. The number of nitrogens with zero attached hydrogens (tertiary/aromatic N) is 4. The number of aromatic nitrogens is 4. The van der Waals surface area contributed by atoms with Gasteiger partial charge in [0.15, 0.2) is 5.82 Å². The Bertz CT molecular complexity index is 831. The molecule has 0 unspecified atom stereocenters. The zero-order valence-corrected chi connectivity index (χ0v) is 15.1. The first-order valence-corrected chi connectivity index (χ1v) is 9.24. The molecule has 0 amide bonds. The molecule has 1 fully saturated rings. The van der Waals surface area contributed by atoms with Crippen LogP contribution >= 0.6 is 0 Å². The summed E-state index contributed by atoms with van der Waals surface area (Å²) < 4.78 is 0. The number of carboxylic acid groups (broad SMARTS) is 1. The van der Waals surface area contributed by atoms with E-state index in [0.29, 0.717) is 24.8 Å². The van der Waals surface area contributed by atoms with E-state index in [-0.39, 0.29) is 0 Å². The van der Waals surface area contributed by atoms with Crippen LogP contribution in [-0.2, 0) is 17.6 Å². The molecule has 1 aliphatic carbocycles. The minimum atomic E-state index is -0.810. The molecule has 138 valence electrons. The molecule has 1 atom stereocenters. The molecular formula is C18H24N6O2. The van der Waals surface area contributed by atoms with E-state index in [1.165, 1.54) is 0 Å². The number of aliphatic carboxylic acids is 1. The third kappa shape index (κ3) is 3.00. The number of aromatic amines is 1. The largest absolute Gasteiger partial charge is 0.480 e. The van der Waals surface area contributed by atoms with Crippen LogP contribution in [-0.4, -0.2) is 43.8 Å². The summed E-state index contributed by atoms with van der Waals surface area (Å²) in [7, 11) is 0. The lowest BCUT2D eigenvalue weighted by Crippen LogP contribution is -2.37. The summed E-state index contributed by atoms with van der Waals surface area (Å²) in [6, 6.07) is 1.45. The highest BCUT2D eigenvalue weighted by Gasteiger charge is 2.33. The highest BCUT2D eigenvalue weighted by Crippen LogP contribution is 2.32. The second-order valence-electron chi connectivity index (χ2n) is 7.33. The van der Waals surface area contributed by atoms with Crippen LogP contribution < -0.4 is 10.2 Å².